The number of hydrogen-bond acceptors (Lipinski definition) is 15. The monoisotopic (exact) mass is 1080 g/mol. The number of aromatic nitrogens is 9. The predicted octanol–water partition coefficient (Wildman–Crippen LogP) is 8.83. The summed E-state index contributed by atoms with van der Waals surface area (Å²) in [6.07, 6.45) is 1.49. The zero-order valence-electron chi connectivity index (χ0n) is 44.7. The van der Waals surface area contributed by atoms with Gasteiger partial charge in [-0.15, -0.1) is 45.0 Å². The number of carbonyl (C=O) groups excluding carboxylic acids is 1. The molecule has 7 aromatic carbocycles. The molecule has 2 fully saturated rings. The minimum atomic E-state index is -0.603. The molecule has 19 heteroatoms. The van der Waals surface area contributed by atoms with Gasteiger partial charge in [-0.3, -0.25) is 0 Å². The molecular weight excluding hydrogens is 1020 g/mol. The zero-order chi connectivity index (χ0) is 55.6. The molecule has 10 aromatic rings. The third kappa shape index (κ3) is 13.8. The van der Waals surface area contributed by atoms with Crippen LogP contribution in [0.1, 0.15) is 48.6 Å². The molecule has 2 unspecified atom stereocenters. The number of benzene rings is 7. The van der Waals surface area contributed by atoms with Gasteiger partial charge in [-0.05, 0) is 140 Å². The minimum Gasteiger partial charge on any atom is -0.506 e. The van der Waals surface area contributed by atoms with E-state index >= 15 is 0 Å². The van der Waals surface area contributed by atoms with Gasteiger partial charge < -0.3 is 44.3 Å². The molecule has 2 aliphatic rings. The lowest BCUT2D eigenvalue weighted by Crippen LogP contribution is -2.41. The van der Waals surface area contributed by atoms with Crippen LogP contribution in [0.2, 0.25) is 0 Å². The highest BCUT2D eigenvalue weighted by molar-refractivity contribution is 5.75. The number of aromatic hydroxyl groups is 1. The third-order valence-corrected chi connectivity index (χ3v) is 13.2. The summed E-state index contributed by atoms with van der Waals surface area (Å²) in [5.74, 6) is 1.49. The van der Waals surface area contributed by atoms with E-state index in [-0.39, 0.29) is 37.8 Å². The lowest BCUT2D eigenvalue weighted by molar-refractivity contribution is 0.137. The van der Waals surface area contributed by atoms with E-state index in [1.165, 1.54) is 4.80 Å². The van der Waals surface area contributed by atoms with Crippen molar-refractivity contribution in [2.75, 3.05) is 46.2 Å². The first-order valence-electron chi connectivity index (χ1n) is 26.4. The number of amides is 1. The van der Waals surface area contributed by atoms with E-state index in [9.17, 15) is 9.90 Å². The van der Waals surface area contributed by atoms with Crippen molar-refractivity contribution in [1.29, 1.82) is 0 Å². The molecule has 5 heterocycles. The van der Waals surface area contributed by atoms with E-state index in [0.717, 1.165) is 84.5 Å². The van der Waals surface area contributed by atoms with Crippen molar-refractivity contribution in [3.8, 4) is 34.3 Å². The van der Waals surface area contributed by atoms with E-state index in [1.54, 1.807) is 27.8 Å². The van der Waals surface area contributed by atoms with Crippen molar-refractivity contribution in [1.82, 2.24) is 50.3 Å². The summed E-state index contributed by atoms with van der Waals surface area (Å²) in [7, 11) is 0. The van der Waals surface area contributed by atoms with E-state index in [2.05, 4.69) is 42.5 Å². The molecule has 12 rings (SSSR count). The first kappa shape index (κ1) is 54.3. The van der Waals surface area contributed by atoms with Gasteiger partial charge >= 0.3 is 6.09 Å². The Morgan fingerprint density at radius 2 is 1.00 bits per heavy atom. The van der Waals surface area contributed by atoms with Gasteiger partial charge in [0.15, 0.2) is 0 Å². The number of epoxide rings is 2. The maximum Gasteiger partial charge on any atom is 0.407 e. The number of allylic oxidation sites excluding steroid dienone is 1. The number of aliphatic hydroxyl groups is 2. The Hall–Kier alpha value is -9.01. The van der Waals surface area contributed by atoms with Gasteiger partial charge in [0.1, 0.15) is 92.8 Å². The number of alkyl carbamates (subject to hydrolysis) is 1. The van der Waals surface area contributed by atoms with E-state index < -0.39 is 11.6 Å². The normalized spacial score (nSPS) is 14.4. The molecule has 2 atom stereocenters. The van der Waals surface area contributed by atoms with Crippen LogP contribution in [0.25, 0.3) is 55.7 Å². The van der Waals surface area contributed by atoms with Crippen LogP contribution in [0.3, 0.4) is 0 Å². The summed E-state index contributed by atoms with van der Waals surface area (Å²) in [6.45, 7) is 12.7. The summed E-state index contributed by atoms with van der Waals surface area (Å²) in [5.41, 5.74) is 12.1. The SMILES string of the molecule is C=C(C)c1cccc(C(C)(C)NC(=O)OCCc2ccc(OCC3CO3)c(-n3nc4ccccc4n3)c2)c1.OCCc1ccc(O)c(-n2nc3ccccc3n2)c1.OCCc1ccc(OCC2CO2)c(-n2nc3ccccc3n2)c1. The van der Waals surface area contributed by atoms with Gasteiger partial charge in [0, 0.05) is 19.6 Å². The second-order valence-corrected chi connectivity index (χ2v) is 19.8. The van der Waals surface area contributed by atoms with Gasteiger partial charge in [-0.2, -0.15) is 0 Å². The van der Waals surface area contributed by atoms with Crippen molar-refractivity contribution < 1.29 is 43.8 Å². The first-order valence-corrected chi connectivity index (χ1v) is 26.4. The molecule has 1 amide bonds. The second kappa shape index (κ2) is 24.8. The Morgan fingerprint density at radius 1 is 0.588 bits per heavy atom. The first-order chi connectivity index (χ1) is 38.9. The van der Waals surface area contributed by atoms with Crippen LogP contribution in [-0.4, -0.2) is 125 Å². The molecule has 0 saturated carbocycles. The Kier molecular flexibility index (Phi) is 16.8. The molecule has 80 heavy (non-hydrogen) atoms. The van der Waals surface area contributed by atoms with Gasteiger partial charge in [-0.1, -0.05) is 84.9 Å². The van der Waals surface area contributed by atoms with Gasteiger partial charge in [0.25, 0.3) is 0 Å². The molecule has 2 aliphatic heterocycles. The summed E-state index contributed by atoms with van der Waals surface area (Å²) in [6, 6.07) is 47.7. The molecule has 0 spiro atoms. The lowest BCUT2D eigenvalue weighted by Gasteiger charge is -2.27. The molecule has 410 valence electrons. The largest absolute Gasteiger partial charge is 0.506 e. The smallest absolute Gasteiger partial charge is 0.407 e. The standard InChI is InChI=1S/C30H32N4O4.C17H17N3O3.C14H13N3O2/c1-20(2)22-8-7-9-23(17-22)30(3,4)31-29(35)36-15-14-21-12-13-28(38-19-24-18-37-24)27(16-21)34-32-25-10-5-6-11-26(25)33-34;21-8-7-12-5-6-17(23-11-13-10-22-13)16(9-12)20-18-14-3-1-2-4-15(14)19-20;18-8-7-10-5-6-14(19)13(9-10)17-15-11-3-1-2-4-12(11)16-17/h5-13,16-17,24H,1,14-15,18-19H2,2-4H3,(H,31,35);1-6,9,13,21H,7-8,10-11H2;1-6,9,18-19H,7-8H2. The second-order valence-electron chi connectivity index (χ2n) is 19.8. The van der Waals surface area contributed by atoms with Crippen LogP contribution in [0.4, 0.5) is 4.79 Å². The average Bonchev–Trinajstić information content (AvgIpc) is 4.36. The number of phenols is 1. The molecular formula is C61H62N10O9. The number of nitrogens with one attached hydrogen (secondary N) is 1. The van der Waals surface area contributed by atoms with E-state index in [0.29, 0.717) is 56.3 Å². The number of ether oxygens (including phenoxy) is 5. The van der Waals surface area contributed by atoms with E-state index in [4.69, 9.17) is 33.9 Å². The van der Waals surface area contributed by atoms with Crippen molar-refractivity contribution >= 4 is 44.8 Å². The quantitative estimate of drug-likeness (QED) is 0.0554. The van der Waals surface area contributed by atoms with Gasteiger partial charge in [0.05, 0.1) is 25.4 Å². The maximum atomic E-state index is 12.6. The lowest BCUT2D eigenvalue weighted by atomic mass is 9.92. The molecule has 3 aromatic heterocycles. The van der Waals surface area contributed by atoms with Crippen LogP contribution in [0.5, 0.6) is 17.2 Å². The summed E-state index contributed by atoms with van der Waals surface area (Å²) in [5, 5.41) is 57.9. The fourth-order valence-electron chi connectivity index (χ4n) is 8.53. The predicted molar refractivity (Wildman–Crippen MR) is 303 cm³/mol. The van der Waals surface area contributed by atoms with E-state index in [1.807, 2.05) is 154 Å². The highest BCUT2D eigenvalue weighted by Gasteiger charge is 2.27. The van der Waals surface area contributed by atoms with Gasteiger partial charge in [0.2, 0.25) is 0 Å². The number of rotatable bonds is 19. The van der Waals surface area contributed by atoms with Crippen molar-refractivity contribution in [3.63, 3.8) is 0 Å². The molecule has 0 radical (unpaired) electrons. The summed E-state index contributed by atoms with van der Waals surface area (Å²) in [4.78, 5) is 17.2. The van der Waals surface area contributed by atoms with Crippen molar-refractivity contribution in [3.05, 3.63) is 186 Å². The molecule has 19 nitrogen and oxygen atoms in total. The Balaban J connectivity index is 0.000000146. The molecule has 0 bridgehead atoms. The van der Waals surface area contributed by atoms with Crippen LogP contribution in [0, 0.1) is 0 Å². The molecule has 2 saturated heterocycles. The van der Waals surface area contributed by atoms with Gasteiger partial charge in [-0.25, -0.2) is 4.79 Å². The van der Waals surface area contributed by atoms with Crippen molar-refractivity contribution in [2.45, 2.75) is 57.8 Å². The minimum absolute atomic E-state index is 0.0682. The number of fused-ring (bicyclic) bond motifs is 3. The average molecular weight is 1080 g/mol. The molecule has 4 N–H and O–H groups in total. The number of carbonyl (C=O) groups is 1. The van der Waals surface area contributed by atoms with Crippen LogP contribution in [-0.2, 0) is 39.0 Å². The Labute approximate surface area is 461 Å². The molecule has 0 aliphatic carbocycles. The number of hydrogen-bond donors (Lipinski definition) is 4. The topological polar surface area (TPSA) is 235 Å². The highest BCUT2D eigenvalue weighted by atomic mass is 16.6. The van der Waals surface area contributed by atoms with Crippen LogP contribution >= 0.6 is 0 Å². The zero-order valence-corrected chi connectivity index (χ0v) is 44.7. The summed E-state index contributed by atoms with van der Waals surface area (Å²) < 4.78 is 27.9. The number of aliphatic hydroxyl groups excluding tert-OH is 2. The number of nitrogens with zero attached hydrogens (tertiary/aromatic N) is 9. The van der Waals surface area contributed by atoms with Crippen LogP contribution in [0.15, 0.2) is 158 Å². The highest BCUT2D eigenvalue weighted by Crippen LogP contribution is 2.30. The number of phenolic OH excluding ortho intramolecular Hbond substituents is 1. The Morgan fingerprint density at radius 3 is 1.43 bits per heavy atom. The van der Waals surface area contributed by atoms with Crippen LogP contribution < -0.4 is 14.8 Å². The maximum absolute atomic E-state index is 12.6. The fourth-order valence-corrected chi connectivity index (χ4v) is 8.53. The van der Waals surface area contributed by atoms with Crippen molar-refractivity contribution in [2.24, 2.45) is 0 Å². The fraction of sp³-hybridized carbons (Fsp3) is 0.262. The summed E-state index contributed by atoms with van der Waals surface area (Å²) >= 11 is 0. The third-order valence-electron chi connectivity index (χ3n) is 13.2. The Bertz CT molecular complexity index is 3670.